The zero-order valence-electron chi connectivity index (χ0n) is 14.8. The van der Waals surface area contributed by atoms with Gasteiger partial charge < -0.3 is 4.79 Å². The first kappa shape index (κ1) is 17.2. The number of anilines is 1. The van der Waals surface area contributed by atoms with Crippen molar-refractivity contribution >= 4 is 45.8 Å². The highest BCUT2D eigenvalue weighted by molar-refractivity contribution is 7.17. The van der Waals surface area contributed by atoms with Crippen molar-refractivity contribution in [3.8, 4) is 0 Å². The van der Waals surface area contributed by atoms with Gasteiger partial charge in [-0.2, -0.15) is 5.10 Å². The third-order valence-corrected chi connectivity index (χ3v) is 6.38. The van der Waals surface area contributed by atoms with Gasteiger partial charge in [0.2, 0.25) is 0 Å². The van der Waals surface area contributed by atoms with Crippen LogP contribution in [0.5, 0.6) is 0 Å². The highest BCUT2D eigenvalue weighted by atomic mass is 35.5. The van der Waals surface area contributed by atoms with Crippen molar-refractivity contribution in [2.45, 2.75) is 39.4 Å². The standard InChI is InChI=1S/C19H19ClN4OS/c1-10-11(2)26-19-16(10)17(13-4-6-14(20)7-5-13)21-15(8-9-25)18-23-22-12(3)24(18)19/h4-7,9,15,18,23H,8H2,1-3H3. The number of aryl methyl sites for hydroxylation is 1. The molecule has 2 aliphatic heterocycles. The predicted octanol–water partition coefficient (Wildman–Crippen LogP) is 3.90. The molecule has 0 saturated carbocycles. The summed E-state index contributed by atoms with van der Waals surface area (Å²) in [4.78, 5) is 19.8. The summed E-state index contributed by atoms with van der Waals surface area (Å²) in [6.45, 7) is 6.23. The Morgan fingerprint density at radius 3 is 2.69 bits per heavy atom. The lowest BCUT2D eigenvalue weighted by Gasteiger charge is -2.27. The summed E-state index contributed by atoms with van der Waals surface area (Å²) < 4.78 is 0. The average Bonchev–Trinajstić information content (AvgIpc) is 3.09. The lowest BCUT2D eigenvalue weighted by atomic mass is 9.99. The molecule has 1 aromatic heterocycles. The molecule has 0 fully saturated rings. The molecule has 0 aliphatic carbocycles. The van der Waals surface area contributed by atoms with E-state index in [0.717, 1.165) is 34.0 Å². The van der Waals surface area contributed by atoms with Crippen LogP contribution in [0.4, 0.5) is 5.00 Å². The summed E-state index contributed by atoms with van der Waals surface area (Å²) in [7, 11) is 0. The number of hydrazone groups is 1. The molecule has 0 spiro atoms. The maximum Gasteiger partial charge on any atom is 0.144 e. The SMILES string of the molecule is CC1=NNC2C(CC=O)N=C(c3ccc(Cl)cc3)c3c(sc(C)c3C)N12. The van der Waals surface area contributed by atoms with Crippen LogP contribution in [0.2, 0.25) is 5.02 Å². The monoisotopic (exact) mass is 386 g/mol. The van der Waals surface area contributed by atoms with E-state index in [4.69, 9.17) is 16.6 Å². The van der Waals surface area contributed by atoms with Crippen LogP contribution in [0.1, 0.15) is 34.9 Å². The van der Waals surface area contributed by atoms with Crippen LogP contribution in [-0.4, -0.2) is 30.0 Å². The van der Waals surface area contributed by atoms with Crippen LogP contribution in [-0.2, 0) is 4.79 Å². The van der Waals surface area contributed by atoms with Crippen molar-refractivity contribution in [1.82, 2.24) is 5.43 Å². The van der Waals surface area contributed by atoms with Crippen LogP contribution in [0.25, 0.3) is 0 Å². The van der Waals surface area contributed by atoms with Gasteiger partial charge in [-0.1, -0.05) is 23.7 Å². The number of aldehydes is 1. The molecule has 2 unspecified atom stereocenters. The Labute approximate surface area is 161 Å². The van der Waals surface area contributed by atoms with E-state index in [9.17, 15) is 4.79 Å². The van der Waals surface area contributed by atoms with Gasteiger partial charge in [0.25, 0.3) is 0 Å². The summed E-state index contributed by atoms with van der Waals surface area (Å²) in [5.41, 5.74) is 7.41. The lowest BCUT2D eigenvalue weighted by Crippen LogP contribution is -2.46. The average molecular weight is 387 g/mol. The normalized spacial score (nSPS) is 21.3. The molecule has 0 amide bonds. The van der Waals surface area contributed by atoms with Gasteiger partial charge in [0.15, 0.2) is 0 Å². The van der Waals surface area contributed by atoms with Crippen molar-refractivity contribution < 1.29 is 4.79 Å². The van der Waals surface area contributed by atoms with E-state index in [-0.39, 0.29) is 12.2 Å². The largest absolute Gasteiger partial charge is 0.303 e. The molecule has 2 aliphatic rings. The van der Waals surface area contributed by atoms with E-state index in [1.165, 1.54) is 10.4 Å². The highest BCUT2D eigenvalue weighted by Crippen LogP contribution is 2.41. The minimum atomic E-state index is -0.223. The van der Waals surface area contributed by atoms with Crippen molar-refractivity contribution in [1.29, 1.82) is 0 Å². The Morgan fingerprint density at radius 1 is 1.27 bits per heavy atom. The number of carbonyl (C=O) groups is 1. The maximum atomic E-state index is 11.3. The van der Waals surface area contributed by atoms with Gasteiger partial charge in [-0.3, -0.25) is 15.3 Å². The van der Waals surface area contributed by atoms with Gasteiger partial charge in [-0.05, 0) is 38.5 Å². The second kappa shape index (κ2) is 6.52. The summed E-state index contributed by atoms with van der Waals surface area (Å²) in [6, 6.07) is 7.50. The third-order valence-electron chi connectivity index (χ3n) is 4.92. The summed E-state index contributed by atoms with van der Waals surface area (Å²) in [5.74, 6) is 0.890. The number of hydrogen-bond donors (Lipinski definition) is 1. The van der Waals surface area contributed by atoms with E-state index < -0.39 is 0 Å². The van der Waals surface area contributed by atoms with E-state index >= 15 is 0 Å². The molecule has 26 heavy (non-hydrogen) atoms. The van der Waals surface area contributed by atoms with Crippen molar-refractivity contribution in [2.24, 2.45) is 10.1 Å². The van der Waals surface area contributed by atoms with Gasteiger partial charge in [0.1, 0.15) is 23.3 Å². The Kier molecular flexibility index (Phi) is 4.32. The first-order valence-electron chi connectivity index (χ1n) is 8.48. The molecule has 0 saturated heterocycles. The van der Waals surface area contributed by atoms with Gasteiger partial charge in [0, 0.05) is 27.4 Å². The van der Waals surface area contributed by atoms with Gasteiger partial charge in [0.05, 0.1) is 11.8 Å². The van der Waals surface area contributed by atoms with Crippen LogP contribution in [0.3, 0.4) is 0 Å². The first-order chi connectivity index (χ1) is 12.5. The molecule has 0 radical (unpaired) electrons. The molecule has 7 heteroatoms. The molecule has 1 aromatic carbocycles. The molecular weight excluding hydrogens is 368 g/mol. The van der Waals surface area contributed by atoms with Crippen molar-refractivity contribution in [3.63, 3.8) is 0 Å². The molecule has 4 rings (SSSR count). The third kappa shape index (κ3) is 2.64. The summed E-state index contributed by atoms with van der Waals surface area (Å²) in [5, 5.41) is 6.21. The second-order valence-electron chi connectivity index (χ2n) is 6.52. The second-order valence-corrected chi connectivity index (χ2v) is 8.16. The molecule has 0 bridgehead atoms. The number of aliphatic imine (C=N–C) groups is 1. The Hall–Kier alpha value is -2.18. The molecule has 5 nitrogen and oxygen atoms in total. The number of nitrogens with one attached hydrogen (secondary N) is 1. The molecule has 3 heterocycles. The lowest BCUT2D eigenvalue weighted by molar-refractivity contribution is -0.108. The van der Waals surface area contributed by atoms with Gasteiger partial charge in [-0.25, -0.2) is 0 Å². The number of nitrogens with zero attached hydrogens (tertiary/aromatic N) is 3. The van der Waals surface area contributed by atoms with E-state index in [1.807, 2.05) is 31.2 Å². The zero-order chi connectivity index (χ0) is 18.4. The van der Waals surface area contributed by atoms with Crippen LogP contribution >= 0.6 is 22.9 Å². The molecular formula is C19H19ClN4OS. The number of amidine groups is 1. The van der Waals surface area contributed by atoms with E-state index in [2.05, 4.69) is 29.3 Å². The number of hydrogen-bond acceptors (Lipinski definition) is 6. The van der Waals surface area contributed by atoms with Crippen LogP contribution in [0, 0.1) is 13.8 Å². The van der Waals surface area contributed by atoms with Gasteiger partial charge >= 0.3 is 0 Å². The molecule has 1 N–H and O–H groups in total. The van der Waals surface area contributed by atoms with Crippen LogP contribution in [0.15, 0.2) is 34.4 Å². The smallest absolute Gasteiger partial charge is 0.144 e. The fourth-order valence-corrected chi connectivity index (χ4v) is 4.84. The molecule has 2 aromatic rings. The highest BCUT2D eigenvalue weighted by Gasteiger charge is 2.39. The number of fused-ring (bicyclic) bond motifs is 3. The quantitative estimate of drug-likeness (QED) is 0.814. The van der Waals surface area contributed by atoms with E-state index in [1.54, 1.807) is 11.3 Å². The fraction of sp³-hybridized carbons (Fsp3) is 0.316. The Bertz CT molecular complexity index is 932. The molecule has 134 valence electrons. The number of thiophene rings is 1. The first-order valence-corrected chi connectivity index (χ1v) is 9.67. The fourth-order valence-electron chi connectivity index (χ4n) is 3.47. The predicted molar refractivity (Wildman–Crippen MR) is 108 cm³/mol. The van der Waals surface area contributed by atoms with Crippen LogP contribution < -0.4 is 10.3 Å². The summed E-state index contributed by atoms with van der Waals surface area (Å²) >= 11 is 7.82. The van der Waals surface area contributed by atoms with Crippen molar-refractivity contribution in [3.05, 3.63) is 50.9 Å². The minimum absolute atomic E-state index is 0.152. The number of carbonyl (C=O) groups excluding carboxylic acids is 1. The van der Waals surface area contributed by atoms with E-state index in [0.29, 0.717) is 11.4 Å². The Morgan fingerprint density at radius 2 is 2.00 bits per heavy atom. The van der Waals surface area contributed by atoms with Gasteiger partial charge in [-0.15, -0.1) is 11.3 Å². The molecule has 2 atom stereocenters. The Balaban J connectivity index is 1.97. The number of benzene rings is 1. The zero-order valence-corrected chi connectivity index (χ0v) is 16.4. The van der Waals surface area contributed by atoms with Crippen molar-refractivity contribution in [2.75, 3.05) is 4.90 Å². The summed E-state index contributed by atoms with van der Waals surface area (Å²) in [6.07, 6.45) is 1.11. The maximum absolute atomic E-state index is 11.3. The number of rotatable bonds is 3. The topological polar surface area (TPSA) is 57.1 Å². The number of halogens is 1. The minimum Gasteiger partial charge on any atom is -0.303 e.